The maximum absolute atomic E-state index is 12.7. The lowest BCUT2D eigenvalue weighted by Crippen LogP contribution is -2.42. The smallest absolute Gasteiger partial charge is 0.238 e. The van der Waals surface area contributed by atoms with Gasteiger partial charge in [0.2, 0.25) is 10.0 Å². The summed E-state index contributed by atoms with van der Waals surface area (Å²) in [6.07, 6.45) is 7.82. The number of imidazole rings is 1. The zero-order chi connectivity index (χ0) is 14.4. The van der Waals surface area contributed by atoms with Crippen LogP contribution >= 0.6 is 0 Å². The van der Waals surface area contributed by atoms with Gasteiger partial charge in [-0.3, -0.25) is 4.31 Å². The van der Waals surface area contributed by atoms with Crippen molar-refractivity contribution in [3.05, 3.63) is 48.5 Å². The number of fused-ring (bicyclic) bond motifs is 1. The number of hydrogen-bond acceptors (Lipinski definition) is 3. The van der Waals surface area contributed by atoms with Crippen molar-refractivity contribution in [2.45, 2.75) is 30.6 Å². The number of aromatic nitrogens is 2. The van der Waals surface area contributed by atoms with E-state index in [2.05, 4.69) is 4.98 Å². The third-order valence-electron chi connectivity index (χ3n) is 4.29. The molecule has 0 amide bonds. The van der Waals surface area contributed by atoms with Crippen LogP contribution < -0.4 is 4.31 Å². The summed E-state index contributed by atoms with van der Waals surface area (Å²) in [5.74, 6) is 0. The second-order valence-corrected chi connectivity index (χ2v) is 7.91. The molecule has 1 fully saturated rings. The Balaban J connectivity index is 1.78. The number of sulfonamides is 1. The van der Waals surface area contributed by atoms with Crippen LogP contribution in [0.25, 0.3) is 0 Å². The van der Waals surface area contributed by atoms with Gasteiger partial charge in [-0.1, -0.05) is 18.2 Å². The molecular formula is C15H17N3O2S. The average Bonchev–Trinajstić information content (AvgIpc) is 3.22. The molecule has 2 aromatic rings. The fraction of sp³-hybridized carbons (Fsp3) is 0.400. The molecule has 1 aromatic heterocycles. The molecule has 21 heavy (non-hydrogen) atoms. The first-order chi connectivity index (χ1) is 10.2. The van der Waals surface area contributed by atoms with Crippen LogP contribution in [0.15, 0.2) is 43.0 Å². The standard InChI is InChI=1S/C15H17N3O2S/c19-21(20,14-5-6-14)18-10-13(17-8-7-16-11-17)9-12-3-1-2-4-15(12)18/h1-4,7-8,11,13-14H,5-6,9-10H2. The second-order valence-electron chi connectivity index (χ2n) is 5.77. The van der Waals surface area contributed by atoms with E-state index in [-0.39, 0.29) is 11.3 Å². The summed E-state index contributed by atoms with van der Waals surface area (Å²) in [5.41, 5.74) is 1.94. The first-order valence-electron chi connectivity index (χ1n) is 7.23. The molecule has 2 aliphatic rings. The number of hydrogen-bond donors (Lipinski definition) is 0. The van der Waals surface area contributed by atoms with Gasteiger partial charge in [-0.25, -0.2) is 13.4 Å². The molecule has 4 rings (SSSR count). The van der Waals surface area contributed by atoms with Gasteiger partial charge >= 0.3 is 0 Å². The van der Waals surface area contributed by atoms with Crippen molar-refractivity contribution in [2.24, 2.45) is 0 Å². The van der Waals surface area contributed by atoms with Gasteiger partial charge in [0, 0.05) is 12.4 Å². The van der Waals surface area contributed by atoms with Crippen LogP contribution in [-0.2, 0) is 16.4 Å². The lowest BCUT2D eigenvalue weighted by Gasteiger charge is -2.35. The largest absolute Gasteiger partial charge is 0.332 e. The highest BCUT2D eigenvalue weighted by molar-refractivity contribution is 7.93. The Morgan fingerprint density at radius 3 is 2.71 bits per heavy atom. The fourth-order valence-corrected chi connectivity index (χ4v) is 4.93. The Bertz CT molecular complexity index is 751. The van der Waals surface area contributed by atoms with Crippen molar-refractivity contribution in [3.8, 4) is 0 Å². The molecule has 0 N–H and O–H groups in total. The molecule has 0 spiro atoms. The number of benzene rings is 1. The highest BCUT2D eigenvalue weighted by Gasteiger charge is 2.43. The Labute approximate surface area is 124 Å². The van der Waals surface area contributed by atoms with E-state index in [4.69, 9.17) is 0 Å². The molecule has 1 aliphatic heterocycles. The molecule has 0 saturated heterocycles. The van der Waals surface area contributed by atoms with Gasteiger partial charge in [0.15, 0.2) is 0 Å². The lowest BCUT2D eigenvalue weighted by atomic mass is 10.00. The lowest BCUT2D eigenvalue weighted by molar-refractivity contribution is 0.487. The van der Waals surface area contributed by atoms with Gasteiger partial charge in [0.05, 0.1) is 29.9 Å². The van der Waals surface area contributed by atoms with E-state index in [1.54, 1.807) is 16.8 Å². The quantitative estimate of drug-likeness (QED) is 0.871. The van der Waals surface area contributed by atoms with Crippen LogP contribution in [0.5, 0.6) is 0 Å². The Kier molecular flexibility index (Phi) is 2.82. The molecule has 1 unspecified atom stereocenters. The molecule has 0 radical (unpaired) electrons. The summed E-state index contributed by atoms with van der Waals surface area (Å²) in [7, 11) is -3.23. The molecular weight excluding hydrogens is 286 g/mol. The number of para-hydroxylation sites is 1. The van der Waals surface area contributed by atoms with E-state index >= 15 is 0 Å². The normalized spacial score (nSPS) is 22.1. The zero-order valence-corrected chi connectivity index (χ0v) is 12.4. The van der Waals surface area contributed by atoms with E-state index in [0.717, 1.165) is 30.5 Å². The number of nitrogens with zero attached hydrogens (tertiary/aromatic N) is 3. The number of anilines is 1. The molecule has 1 atom stereocenters. The SMILES string of the molecule is O=S(=O)(C1CC1)N1CC(n2ccnc2)Cc2ccccc21. The van der Waals surface area contributed by atoms with Crippen LogP contribution in [0.3, 0.4) is 0 Å². The van der Waals surface area contributed by atoms with Gasteiger partial charge in [0.1, 0.15) is 0 Å². The number of rotatable bonds is 3. The molecule has 5 nitrogen and oxygen atoms in total. The van der Waals surface area contributed by atoms with Crippen molar-refractivity contribution < 1.29 is 8.42 Å². The molecule has 110 valence electrons. The summed E-state index contributed by atoms with van der Waals surface area (Å²) in [5, 5.41) is -0.188. The average molecular weight is 303 g/mol. The molecule has 1 aromatic carbocycles. The predicted molar refractivity (Wildman–Crippen MR) is 80.7 cm³/mol. The van der Waals surface area contributed by atoms with E-state index < -0.39 is 10.0 Å². The minimum atomic E-state index is -3.23. The van der Waals surface area contributed by atoms with Crippen molar-refractivity contribution in [3.63, 3.8) is 0 Å². The topological polar surface area (TPSA) is 55.2 Å². The zero-order valence-electron chi connectivity index (χ0n) is 11.6. The van der Waals surface area contributed by atoms with Gasteiger partial charge in [-0.2, -0.15) is 0 Å². The first-order valence-corrected chi connectivity index (χ1v) is 8.73. The second kappa shape index (κ2) is 4.59. The van der Waals surface area contributed by atoms with Crippen LogP contribution in [0.4, 0.5) is 5.69 Å². The summed E-state index contributed by atoms with van der Waals surface area (Å²) in [6, 6.07) is 7.92. The summed E-state index contributed by atoms with van der Waals surface area (Å²) >= 11 is 0. The predicted octanol–water partition coefficient (Wildman–Crippen LogP) is 1.98. The first kappa shape index (κ1) is 12.9. The molecule has 1 aliphatic carbocycles. The third-order valence-corrected chi connectivity index (χ3v) is 6.57. The van der Waals surface area contributed by atoms with E-state index in [0.29, 0.717) is 6.54 Å². The van der Waals surface area contributed by atoms with E-state index in [9.17, 15) is 8.42 Å². The van der Waals surface area contributed by atoms with Crippen molar-refractivity contribution in [1.29, 1.82) is 0 Å². The highest BCUT2D eigenvalue weighted by Crippen LogP contribution is 2.39. The molecule has 0 bridgehead atoms. The Hall–Kier alpha value is -1.82. The maximum atomic E-state index is 12.7. The Morgan fingerprint density at radius 1 is 1.19 bits per heavy atom. The van der Waals surface area contributed by atoms with Crippen molar-refractivity contribution in [2.75, 3.05) is 10.8 Å². The van der Waals surface area contributed by atoms with Crippen LogP contribution in [0.2, 0.25) is 0 Å². The maximum Gasteiger partial charge on any atom is 0.238 e. The highest BCUT2D eigenvalue weighted by atomic mass is 32.2. The van der Waals surface area contributed by atoms with Gasteiger partial charge in [-0.05, 0) is 30.9 Å². The van der Waals surface area contributed by atoms with Crippen LogP contribution in [0.1, 0.15) is 24.4 Å². The van der Waals surface area contributed by atoms with Crippen LogP contribution in [0, 0.1) is 0 Å². The van der Waals surface area contributed by atoms with Crippen molar-refractivity contribution in [1.82, 2.24) is 9.55 Å². The van der Waals surface area contributed by atoms with E-state index in [1.165, 1.54) is 0 Å². The summed E-state index contributed by atoms with van der Waals surface area (Å²) in [4.78, 5) is 4.08. The monoisotopic (exact) mass is 303 g/mol. The van der Waals surface area contributed by atoms with E-state index in [1.807, 2.05) is 35.0 Å². The minimum absolute atomic E-state index is 0.107. The van der Waals surface area contributed by atoms with Gasteiger partial charge < -0.3 is 4.57 Å². The van der Waals surface area contributed by atoms with Crippen molar-refractivity contribution >= 4 is 15.7 Å². The Morgan fingerprint density at radius 2 is 2.00 bits per heavy atom. The molecule has 1 saturated carbocycles. The summed E-state index contributed by atoms with van der Waals surface area (Å²) < 4.78 is 29.1. The fourth-order valence-electron chi connectivity index (χ4n) is 3.01. The minimum Gasteiger partial charge on any atom is -0.332 e. The van der Waals surface area contributed by atoms with Crippen LogP contribution in [-0.4, -0.2) is 29.8 Å². The summed E-state index contributed by atoms with van der Waals surface area (Å²) in [6.45, 7) is 0.492. The van der Waals surface area contributed by atoms with Gasteiger partial charge in [-0.15, -0.1) is 0 Å². The third kappa shape index (κ3) is 2.14. The molecule has 2 heterocycles. The van der Waals surface area contributed by atoms with Gasteiger partial charge in [0.25, 0.3) is 0 Å². The molecule has 6 heteroatoms.